The van der Waals surface area contributed by atoms with E-state index in [0.717, 1.165) is 31.5 Å². The molecule has 1 aliphatic rings. The molecule has 1 aromatic rings. The van der Waals surface area contributed by atoms with Crippen molar-refractivity contribution in [2.75, 3.05) is 20.1 Å². The van der Waals surface area contributed by atoms with E-state index in [1.54, 1.807) is 0 Å². The van der Waals surface area contributed by atoms with Crippen LogP contribution in [0.5, 0.6) is 0 Å². The molecule has 1 aromatic carbocycles. The van der Waals surface area contributed by atoms with Gasteiger partial charge in [0, 0.05) is 19.4 Å². The van der Waals surface area contributed by atoms with E-state index in [-0.39, 0.29) is 5.97 Å². The van der Waals surface area contributed by atoms with Gasteiger partial charge in [0.2, 0.25) is 0 Å². The smallest absolute Gasteiger partial charge is 0.303 e. The van der Waals surface area contributed by atoms with Gasteiger partial charge in [-0.05, 0) is 32.0 Å². The zero-order chi connectivity index (χ0) is 13.9. The highest BCUT2D eigenvalue weighted by atomic mass is 16.6. The lowest BCUT2D eigenvalue weighted by atomic mass is 9.78. The largest absolute Gasteiger partial charge is 0.454 e. The molecule has 3 heteroatoms. The van der Waals surface area contributed by atoms with Gasteiger partial charge in [0.05, 0.1) is 0 Å². The Bertz CT molecular complexity index is 432. The summed E-state index contributed by atoms with van der Waals surface area (Å²) < 4.78 is 5.84. The maximum atomic E-state index is 11.6. The molecule has 2 rings (SSSR count). The first-order valence-electron chi connectivity index (χ1n) is 7.02. The molecule has 1 fully saturated rings. The first-order chi connectivity index (χ1) is 9.08. The van der Waals surface area contributed by atoms with Gasteiger partial charge in [-0.15, -0.1) is 0 Å². The third-order valence-corrected chi connectivity index (χ3v) is 4.16. The van der Waals surface area contributed by atoms with Gasteiger partial charge in [-0.25, -0.2) is 0 Å². The summed E-state index contributed by atoms with van der Waals surface area (Å²) in [6.45, 7) is 5.66. The second-order valence-corrected chi connectivity index (χ2v) is 5.45. The molecule has 0 bridgehead atoms. The minimum atomic E-state index is -0.474. The Kier molecular flexibility index (Phi) is 4.25. The maximum Gasteiger partial charge on any atom is 0.303 e. The Balaban J connectivity index is 2.39. The maximum absolute atomic E-state index is 11.6. The van der Waals surface area contributed by atoms with E-state index in [0.29, 0.717) is 5.92 Å². The number of likely N-dealkylation sites (tertiary alicyclic amines) is 1. The number of hydrogen-bond acceptors (Lipinski definition) is 3. The van der Waals surface area contributed by atoms with Crippen LogP contribution in [0, 0.1) is 5.92 Å². The molecule has 2 atom stereocenters. The standard InChI is InChI=1S/C16H23NO2/c1-4-16(19-13(2)18,14-8-6-5-7-9-14)15-10-11-17(3)12-15/h5-9,15H,4,10-12H2,1-3H3. The topological polar surface area (TPSA) is 29.5 Å². The summed E-state index contributed by atoms with van der Waals surface area (Å²) in [7, 11) is 2.12. The molecular weight excluding hydrogens is 238 g/mol. The fraction of sp³-hybridized carbons (Fsp3) is 0.562. The first-order valence-corrected chi connectivity index (χ1v) is 7.02. The van der Waals surface area contributed by atoms with E-state index in [1.165, 1.54) is 6.92 Å². The molecule has 19 heavy (non-hydrogen) atoms. The normalized spacial score (nSPS) is 23.0. The van der Waals surface area contributed by atoms with Crippen molar-refractivity contribution in [1.29, 1.82) is 0 Å². The lowest BCUT2D eigenvalue weighted by Crippen LogP contribution is -2.40. The Labute approximate surface area is 115 Å². The fourth-order valence-electron chi connectivity index (χ4n) is 3.24. The molecule has 3 nitrogen and oxygen atoms in total. The van der Waals surface area contributed by atoms with Gasteiger partial charge in [-0.2, -0.15) is 0 Å². The van der Waals surface area contributed by atoms with Crippen LogP contribution >= 0.6 is 0 Å². The van der Waals surface area contributed by atoms with Gasteiger partial charge in [0.15, 0.2) is 0 Å². The number of hydrogen-bond donors (Lipinski definition) is 0. The van der Waals surface area contributed by atoms with Gasteiger partial charge in [-0.3, -0.25) is 4.79 Å². The van der Waals surface area contributed by atoms with Crippen LogP contribution in [0.25, 0.3) is 0 Å². The molecule has 0 spiro atoms. The molecule has 0 amide bonds. The number of esters is 1. The van der Waals surface area contributed by atoms with Crippen molar-refractivity contribution in [1.82, 2.24) is 4.90 Å². The van der Waals surface area contributed by atoms with Crippen LogP contribution in [-0.4, -0.2) is 31.0 Å². The van der Waals surface area contributed by atoms with Crippen LogP contribution in [0.3, 0.4) is 0 Å². The molecule has 1 aliphatic heterocycles. The van der Waals surface area contributed by atoms with E-state index in [1.807, 2.05) is 18.2 Å². The third kappa shape index (κ3) is 2.81. The van der Waals surface area contributed by atoms with E-state index >= 15 is 0 Å². The van der Waals surface area contributed by atoms with Gasteiger partial charge in [0.1, 0.15) is 5.60 Å². The minimum Gasteiger partial charge on any atom is -0.454 e. The molecular formula is C16H23NO2. The molecule has 1 heterocycles. The number of carbonyl (C=O) groups excluding carboxylic acids is 1. The van der Waals surface area contributed by atoms with Crippen molar-refractivity contribution < 1.29 is 9.53 Å². The van der Waals surface area contributed by atoms with Crippen molar-refractivity contribution in [3.05, 3.63) is 35.9 Å². The molecule has 1 saturated heterocycles. The average molecular weight is 261 g/mol. The molecule has 0 N–H and O–H groups in total. The Morgan fingerprint density at radius 3 is 2.58 bits per heavy atom. The van der Waals surface area contributed by atoms with Crippen LogP contribution in [0.1, 0.15) is 32.3 Å². The number of benzene rings is 1. The summed E-state index contributed by atoms with van der Waals surface area (Å²) in [6.07, 6.45) is 1.89. The van der Waals surface area contributed by atoms with Crippen LogP contribution in [0.2, 0.25) is 0 Å². The van der Waals surface area contributed by atoms with Crippen molar-refractivity contribution in [3.8, 4) is 0 Å². The lowest BCUT2D eigenvalue weighted by molar-refractivity contribution is -0.165. The van der Waals surface area contributed by atoms with Crippen LogP contribution in [0.15, 0.2) is 30.3 Å². The number of ether oxygens (including phenoxy) is 1. The van der Waals surface area contributed by atoms with Crippen LogP contribution in [0.4, 0.5) is 0 Å². The second kappa shape index (κ2) is 5.74. The van der Waals surface area contributed by atoms with Crippen LogP contribution in [-0.2, 0) is 15.1 Å². The van der Waals surface area contributed by atoms with Gasteiger partial charge in [-0.1, -0.05) is 37.3 Å². The molecule has 2 unspecified atom stereocenters. The highest BCUT2D eigenvalue weighted by Crippen LogP contribution is 2.41. The SMILES string of the molecule is CCC(OC(C)=O)(c1ccccc1)C1CCN(C)C1. The lowest BCUT2D eigenvalue weighted by Gasteiger charge is -2.38. The summed E-state index contributed by atoms with van der Waals surface area (Å²) in [5.74, 6) is 0.175. The van der Waals surface area contributed by atoms with Crippen molar-refractivity contribution in [2.24, 2.45) is 5.92 Å². The second-order valence-electron chi connectivity index (χ2n) is 5.45. The minimum absolute atomic E-state index is 0.194. The Hall–Kier alpha value is -1.35. The molecule has 0 radical (unpaired) electrons. The van der Waals surface area contributed by atoms with Gasteiger partial charge >= 0.3 is 5.97 Å². The van der Waals surface area contributed by atoms with Gasteiger partial charge < -0.3 is 9.64 Å². The highest BCUT2D eigenvalue weighted by molar-refractivity contribution is 5.67. The van der Waals surface area contributed by atoms with Crippen LogP contribution < -0.4 is 0 Å². The quantitative estimate of drug-likeness (QED) is 0.781. The molecule has 0 aliphatic carbocycles. The molecule has 104 valence electrons. The number of carbonyl (C=O) groups is 1. The zero-order valence-corrected chi connectivity index (χ0v) is 12.1. The zero-order valence-electron chi connectivity index (χ0n) is 12.1. The number of nitrogens with zero attached hydrogens (tertiary/aromatic N) is 1. The summed E-state index contributed by atoms with van der Waals surface area (Å²) >= 11 is 0. The summed E-state index contributed by atoms with van der Waals surface area (Å²) in [5.41, 5.74) is 0.644. The van der Waals surface area contributed by atoms with Crippen molar-refractivity contribution in [2.45, 2.75) is 32.3 Å². The average Bonchev–Trinajstić information content (AvgIpc) is 2.84. The summed E-state index contributed by atoms with van der Waals surface area (Å²) in [5, 5.41) is 0. The predicted molar refractivity (Wildman–Crippen MR) is 75.8 cm³/mol. The third-order valence-electron chi connectivity index (χ3n) is 4.16. The van der Waals surface area contributed by atoms with E-state index in [4.69, 9.17) is 4.74 Å². The monoisotopic (exact) mass is 261 g/mol. The number of rotatable bonds is 4. The van der Waals surface area contributed by atoms with E-state index in [9.17, 15) is 4.79 Å². The fourth-order valence-corrected chi connectivity index (χ4v) is 3.24. The van der Waals surface area contributed by atoms with E-state index < -0.39 is 5.60 Å². The first kappa shape index (κ1) is 14.1. The predicted octanol–water partition coefficient (Wildman–Crippen LogP) is 2.81. The van der Waals surface area contributed by atoms with E-state index in [2.05, 4.69) is 31.0 Å². The molecule has 0 saturated carbocycles. The molecule has 0 aromatic heterocycles. The highest BCUT2D eigenvalue weighted by Gasteiger charge is 2.44. The van der Waals surface area contributed by atoms with Gasteiger partial charge in [0.25, 0.3) is 0 Å². The Morgan fingerprint density at radius 2 is 2.11 bits per heavy atom. The summed E-state index contributed by atoms with van der Waals surface area (Å²) in [4.78, 5) is 13.9. The summed E-state index contributed by atoms with van der Waals surface area (Å²) in [6, 6.07) is 10.2. The van der Waals surface area contributed by atoms with Crippen molar-refractivity contribution >= 4 is 5.97 Å². The van der Waals surface area contributed by atoms with Crippen molar-refractivity contribution in [3.63, 3.8) is 0 Å². The Morgan fingerprint density at radius 1 is 1.42 bits per heavy atom.